The van der Waals surface area contributed by atoms with E-state index in [0.717, 1.165) is 23.0 Å². The zero-order valence-corrected chi connectivity index (χ0v) is 27.7. The van der Waals surface area contributed by atoms with Crippen LogP contribution < -0.4 is 19.3 Å². The standard InChI is InChI=1S/C21H26N2.C11H14O2.2ClH.Ru/c1-14-9-16(3)20(17(4)10-14)22-7-8-23(13-22)21-18(5)11-15(2)12-19(21)6;1-8(2)13-11-9(3)6-5-7-10(11)12-4;;;/h9-12H,7-8H2,1-6H3;3,5-8H,1-2,4H3;2*1H;/q;;;;+2/p-2. The van der Waals surface area contributed by atoms with Gasteiger partial charge in [0, 0.05) is 0 Å². The van der Waals surface area contributed by atoms with Gasteiger partial charge in [0.05, 0.1) is 0 Å². The number of hydrogen-bond acceptors (Lipinski definition) is 4. The van der Waals surface area contributed by atoms with Crippen molar-refractivity contribution in [1.82, 2.24) is 0 Å². The molecule has 3 aromatic rings. The summed E-state index contributed by atoms with van der Waals surface area (Å²) in [5, 5.41) is 0. The number of ether oxygens (including phenoxy) is 2. The van der Waals surface area contributed by atoms with Crippen molar-refractivity contribution < 1.29 is 21.4 Å². The molecule has 1 aliphatic rings. The molecule has 1 fully saturated rings. The van der Waals surface area contributed by atoms with E-state index >= 15 is 0 Å². The number of para-hydroxylation sites is 1. The Bertz CT molecular complexity index is 1420. The summed E-state index contributed by atoms with van der Waals surface area (Å²) in [5.41, 5.74) is 10.6. The van der Waals surface area contributed by atoms with Crippen LogP contribution in [0.4, 0.5) is 11.4 Å². The Kier molecular flexibility index (Phi) is 8.96. The van der Waals surface area contributed by atoms with Crippen molar-refractivity contribution in [3.8, 4) is 11.5 Å². The van der Waals surface area contributed by atoms with Gasteiger partial charge in [-0.05, 0) is 0 Å². The molecular formula is C32H40Cl2N2O2Ru. The summed E-state index contributed by atoms with van der Waals surface area (Å²) >= 11 is -3.71. The Morgan fingerprint density at radius 3 is 1.67 bits per heavy atom. The molecule has 39 heavy (non-hydrogen) atoms. The zero-order chi connectivity index (χ0) is 28.6. The summed E-state index contributed by atoms with van der Waals surface area (Å²) in [5.74, 6) is 1.34. The van der Waals surface area contributed by atoms with Crippen LogP contribution in [-0.2, 0) is 11.9 Å². The second kappa shape index (κ2) is 11.7. The molecule has 4 rings (SSSR count). The maximum atomic E-state index is 7.61. The van der Waals surface area contributed by atoms with E-state index in [2.05, 4.69) is 80.2 Å². The minimum atomic E-state index is -3.71. The number of aryl methyl sites for hydroxylation is 6. The van der Waals surface area contributed by atoms with Gasteiger partial charge in [-0.3, -0.25) is 0 Å². The Hall–Kier alpha value is -2.20. The molecule has 1 heterocycles. The Labute approximate surface area is 244 Å². The molecular weight excluding hydrogens is 616 g/mol. The predicted molar refractivity (Wildman–Crippen MR) is 167 cm³/mol. The maximum absolute atomic E-state index is 7.61. The van der Waals surface area contributed by atoms with E-state index in [1.807, 2.05) is 32.0 Å². The number of hydrogen-bond donors (Lipinski definition) is 0. The van der Waals surface area contributed by atoms with Crippen molar-refractivity contribution in [2.45, 2.75) is 61.5 Å². The molecule has 0 spiro atoms. The number of methoxy groups -OCH3 is 1. The van der Waals surface area contributed by atoms with Crippen molar-refractivity contribution in [3.05, 3.63) is 81.4 Å². The van der Waals surface area contributed by atoms with Gasteiger partial charge in [0.15, 0.2) is 0 Å². The second-order valence-corrected chi connectivity index (χ2v) is 19.9. The summed E-state index contributed by atoms with van der Waals surface area (Å²) in [4.78, 5) is 4.74. The molecule has 1 saturated heterocycles. The summed E-state index contributed by atoms with van der Waals surface area (Å²) in [7, 11) is 16.9. The fraction of sp³-hybridized carbons (Fsp3) is 0.375. The molecule has 7 heteroatoms. The summed E-state index contributed by atoms with van der Waals surface area (Å²) in [6, 6.07) is 14.8. The molecule has 0 amide bonds. The third kappa shape index (κ3) is 6.11. The first-order valence-corrected chi connectivity index (χ1v) is 19.6. The van der Waals surface area contributed by atoms with Crippen LogP contribution in [0.5, 0.6) is 11.5 Å². The van der Waals surface area contributed by atoms with Crippen molar-refractivity contribution in [3.63, 3.8) is 0 Å². The first kappa shape index (κ1) is 29.8. The van der Waals surface area contributed by atoms with Gasteiger partial charge in [-0.1, -0.05) is 0 Å². The molecule has 0 atom stereocenters. The van der Waals surface area contributed by atoms with Crippen molar-refractivity contribution in [2.75, 3.05) is 30.0 Å². The quantitative estimate of drug-likeness (QED) is 0.251. The van der Waals surface area contributed by atoms with E-state index in [1.54, 1.807) is 7.11 Å². The molecule has 0 aromatic heterocycles. The van der Waals surface area contributed by atoms with Crippen LogP contribution >= 0.6 is 19.4 Å². The Morgan fingerprint density at radius 2 is 1.26 bits per heavy atom. The van der Waals surface area contributed by atoms with E-state index in [1.165, 1.54) is 44.8 Å². The van der Waals surface area contributed by atoms with Gasteiger partial charge < -0.3 is 0 Å². The molecule has 0 saturated carbocycles. The van der Waals surface area contributed by atoms with Crippen LogP contribution in [0.25, 0.3) is 0 Å². The van der Waals surface area contributed by atoms with E-state index in [9.17, 15) is 0 Å². The van der Waals surface area contributed by atoms with Crippen LogP contribution in [0.15, 0.2) is 42.5 Å². The number of halogens is 2. The molecule has 1 aliphatic heterocycles. The summed E-state index contributed by atoms with van der Waals surface area (Å²) < 4.78 is 14.9. The summed E-state index contributed by atoms with van der Waals surface area (Å²) in [6.45, 7) is 18.6. The van der Waals surface area contributed by atoms with Gasteiger partial charge in [0.1, 0.15) is 0 Å². The predicted octanol–water partition coefficient (Wildman–Crippen LogP) is 8.06. The van der Waals surface area contributed by atoms with E-state index < -0.39 is 11.9 Å². The van der Waals surface area contributed by atoms with Gasteiger partial charge in [0.25, 0.3) is 0 Å². The van der Waals surface area contributed by atoms with Crippen LogP contribution in [0.1, 0.15) is 52.8 Å². The van der Waals surface area contributed by atoms with Crippen LogP contribution in [0.2, 0.25) is 0 Å². The fourth-order valence-corrected chi connectivity index (χ4v) is 11.7. The molecule has 4 nitrogen and oxygen atoms in total. The fourth-order valence-electron chi connectivity index (χ4n) is 5.70. The molecule has 3 aromatic carbocycles. The number of nitrogens with zero attached hydrogens (tertiary/aromatic N) is 2. The molecule has 212 valence electrons. The van der Waals surface area contributed by atoms with Crippen LogP contribution in [0, 0.1) is 41.5 Å². The first-order chi connectivity index (χ1) is 18.3. The van der Waals surface area contributed by atoms with Crippen LogP contribution in [0.3, 0.4) is 0 Å². The number of benzene rings is 3. The van der Waals surface area contributed by atoms with Gasteiger partial charge in [0.2, 0.25) is 0 Å². The monoisotopic (exact) mass is 656 g/mol. The normalized spacial score (nSPS) is 14.3. The molecule has 0 aliphatic carbocycles. The zero-order valence-electron chi connectivity index (χ0n) is 24.4. The molecule has 0 radical (unpaired) electrons. The van der Waals surface area contributed by atoms with Gasteiger partial charge in [-0.2, -0.15) is 0 Å². The molecule has 0 bridgehead atoms. The molecule has 0 unspecified atom stereocenters. The average Bonchev–Trinajstić information content (AvgIpc) is 3.23. The topological polar surface area (TPSA) is 24.9 Å². The summed E-state index contributed by atoms with van der Waals surface area (Å²) in [6.07, 6.45) is -0.0262. The van der Waals surface area contributed by atoms with Crippen molar-refractivity contribution in [1.29, 1.82) is 0 Å². The van der Waals surface area contributed by atoms with E-state index in [0.29, 0.717) is 11.5 Å². The van der Waals surface area contributed by atoms with Gasteiger partial charge >= 0.3 is 245 Å². The van der Waals surface area contributed by atoms with Crippen LogP contribution in [-0.4, -0.2) is 35.3 Å². The van der Waals surface area contributed by atoms with Gasteiger partial charge in [-0.15, -0.1) is 0 Å². The minimum absolute atomic E-state index is 0.0262. The molecule has 0 N–H and O–H groups in total. The first-order valence-electron chi connectivity index (χ1n) is 13.2. The average molecular weight is 657 g/mol. The SMILES string of the molecule is COc1cccc([CH]=[Ru]([Cl])([Cl])=[C]2N(c3c(C)cc(C)cc3C)CCN2c2c(C)cc(C)cc2C)c1OC(C)C. The van der Waals surface area contributed by atoms with Crippen molar-refractivity contribution >= 4 is 39.7 Å². The second-order valence-electron chi connectivity index (χ2n) is 10.6. The Balaban J connectivity index is 2.07. The third-order valence-corrected chi connectivity index (χ3v) is 12.3. The van der Waals surface area contributed by atoms with E-state index in [-0.39, 0.29) is 6.10 Å². The number of rotatable bonds is 6. The van der Waals surface area contributed by atoms with E-state index in [4.69, 9.17) is 28.9 Å². The number of anilines is 2. The van der Waals surface area contributed by atoms with Crippen molar-refractivity contribution in [2.24, 2.45) is 0 Å². The van der Waals surface area contributed by atoms with Gasteiger partial charge in [-0.25, -0.2) is 0 Å². The Morgan fingerprint density at radius 1 is 0.795 bits per heavy atom. The third-order valence-electron chi connectivity index (χ3n) is 6.82.